The summed E-state index contributed by atoms with van der Waals surface area (Å²) < 4.78 is 0. The maximum absolute atomic E-state index is 11.8. The van der Waals surface area contributed by atoms with Gasteiger partial charge in [0.25, 0.3) is 0 Å². The summed E-state index contributed by atoms with van der Waals surface area (Å²) >= 11 is 1.62. The fourth-order valence-electron chi connectivity index (χ4n) is 1.55. The van der Waals surface area contributed by atoms with Gasteiger partial charge < -0.3 is 4.90 Å². The molecule has 0 aliphatic carbocycles. The highest BCUT2D eigenvalue weighted by Gasteiger charge is 2.23. The summed E-state index contributed by atoms with van der Waals surface area (Å²) in [4.78, 5) is 13.3. The lowest BCUT2D eigenvalue weighted by atomic mass is 10.2. The van der Waals surface area contributed by atoms with Crippen LogP contribution in [0.2, 0.25) is 0 Å². The second kappa shape index (κ2) is 5.30. The Morgan fingerprint density at radius 1 is 1.28 bits per heavy atom. The van der Waals surface area contributed by atoms with Gasteiger partial charge in [0.1, 0.15) is 10.9 Å². The van der Waals surface area contributed by atoms with Gasteiger partial charge in [0.15, 0.2) is 0 Å². The molecule has 0 fully saturated rings. The highest BCUT2D eigenvalue weighted by molar-refractivity contribution is 8.14. The Labute approximate surface area is 111 Å². The molecule has 1 aliphatic rings. The van der Waals surface area contributed by atoms with Crippen molar-refractivity contribution in [3.63, 3.8) is 0 Å². The number of amides is 2. The summed E-state index contributed by atoms with van der Waals surface area (Å²) in [6, 6.07) is 9.88. The second-order valence-electron chi connectivity index (χ2n) is 4.12. The van der Waals surface area contributed by atoms with E-state index in [0.29, 0.717) is 5.88 Å². The summed E-state index contributed by atoms with van der Waals surface area (Å²) in [6.07, 6.45) is 0. The third-order valence-electron chi connectivity index (χ3n) is 2.55. The molecule has 0 aromatic heterocycles. The molecule has 1 aromatic carbocycles. The van der Waals surface area contributed by atoms with Crippen molar-refractivity contribution in [1.82, 2.24) is 15.0 Å². The first-order valence-electron chi connectivity index (χ1n) is 5.59. The summed E-state index contributed by atoms with van der Waals surface area (Å²) in [5.41, 5.74) is 1.08. The molecule has 1 heterocycles. The summed E-state index contributed by atoms with van der Waals surface area (Å²) in [5, 5.41) is 8.58. The van der Waals surface area contributed by atoms with Crippen LogP contribution in [0, 0.1) is 0 Å². The van der Waals surface area contributed by atoms with E-state index in [9.17, 15) is 4.79 Å². The molecule has 1 aliphatic heterocycles. The van der Waals surface area contributed by atoms with Crippen LogP contribution in [-0.4, -0.2) is 53.1 Å². The van der Waals surface area contributed by atoms with Gasteiger partial charge in [-0.3, -0.25) is 0 Å². The quantitative estimate of drug-likeness (QED) is 0.819. The molecule has 2 rings (SSSR count). The Hall–Kier alpha value is -1.69. The second-order valence-corrected chi connectivity index (χ2v) is 5.05. The molecule has 1 aromatic rings. The number of nitrogens with zero attached hydrogens (tertiary/aromatic N) is 4. The number of rotatable bonds is 2. The average Bonchev–Trinajstić information content (AvgIpc) is 2.87. The molecule has 0 unspecified atom stereocenters. The number of benzene rings is 1. The minimum Gasteiger partial charge on any atom is -0.329 e. The van der Waals surface area contributed by atoms with E-state index >= 15 is 0 Å². The van der Waals surface area contributed by atoms with Crippen molar-refractivity contribution in [2.45, 2.75) is 0 Å². The Morgan fingerprint density at radius 3 is 2.56 bits per heavy atom. The predicted molar refractivity (Wildman–Crippen MR) is 74.1 cm³/mol. The van der Waals surface area contributed by atoms with Crippen LogP contribution in [0.25, 0.3) is 0 Å². The van der Waals surface area contributed by atoms with E-state index in [4.69, 9.17) is 0 Å². The normalized spacial score (nSPS) is 14.4. The molecule has 6 heteroatoms. The third kappa shape index (κ3) is 2.59. The molecular weight excluding hydrogens is 248 g/mol. The zero-order valence-corrected chi connectivity index (χ0v) is 11.5. The van der Waals surface area contributed by atoms with Gasteiger partial charge in [0, 0.05) is 26.7 Å². The zero-order chi connectivity index (χ0) is 13.1. The SMILES string of the molecule is CN(C)C(=O)N(C)N1CSC(c2ccccc2)=N1. The lowest BCUT2D eigenvalue weighted by molar-refractivity contribution is 0.0476. The van der Waals surface area contributed by atoms with Crippen LogP contribution < -0.4 is 0 Å². The minimum absolute atomic E-state index is 0.0892. The van der Waals surface area contributed by atoms with Gasteiger partial charge in [-0.25, -0.2) is 9.80 Å². The van der Waals surface area contributed by atoms with Crippen LogP contribution >= 0.6 is 11.8 Å². The van der Waals surface area contributed by atoms with Crippen LogP contribution in [0.1, 0.15) is 5.56 Å². The maximum Gasteiger partial charge on any atom is 0.339 e. The molecule has 96 valence electrons. The van der Waals surface area contributed by atoms with Crippen molar-refractivity contribution in [3.8, 4) is 0 Å². The van der Waals surface area contributed by atoms with E-state index in [2.05, 4.69) is 5.10 Å². The lowest BCUT2D eigenvalue weighted by Crippen LogP contribution is -2.44. The Balaban J connectivity index is 2.11. The summed E-state index contributed by atoms with van der Waals surface area (Å²) in [5.74, 6) is 0.653. The third-order valence-corrected chi connectivity index (χ3v) is 3.50. The van der Waals surface area contributed by atoms with Crippen LogP contribution in [-0.2, 0) is 0 Å². The maximum atomic E-state index is 11.8. The van der Waals surface area contributed by atoms with Crippen molar-refractivity contribution in [2.24, 2.45) is 5.10 Å². The van der Waals surface area contributed by atoms with Crippen LogP contribution in [0.4, 0.5) is 4.79 Å². The van der Waals surface area contributed by atoms with Gasteiger partial charge in [-0.2, -0.15) is 5.12 Å². The number of hydrogen-bond acceptors (Lipinski definition) is 4. The number of hydrazone groups is 1. The molecule has 5 nitrogen and oxygen atoms in total. The van der Waals surface area contributed by atoms with Gasteiger partial charge >= 0.3 is 6.03 Å². The van der Waals surface area contributed by atoms with Crippen molar-refractivity contribution in [2.75, 3.05) is 27.0 Å². The molecule has 0 radical (unpaired) electrons. The predicted octanol–water partition coefficient (Wildman–Crippen LogP) is 1.88. The van der Waals surface area contributed by atoms with E-state index in [1.807, 2.05) is 30.3 Å². The van der Waals surface area contributed by atoms with Crippen molar-refractivity contribution < 1.29 is 4.79 Å². The molecule has 0 bridgehead atoms. The van der Waals surface area contributed by atoms with E-state index in [0.717, 1.165) is 10.6 Å². The van der Waals surface area contributed by atoms with Crippen LogP contribution in [0.3, 0.4) is 0 Å². The number of thioether (sulfide) groups is 1. The minimum atomic E-state index is -0.0892. The van der Waals surface area contributed by atoms with E-state index < -0.39 is 0 Å². The zero-order valence-electron chi connectivity index (χ0n) is 10.7. The number of hydrogen-bond donors (Lipinski definition) is 0. The fraction of sp³-hybridized carbons (Fsp3) is 0.333. The topological polar surface area (TPSA) is 39.2 Å². The van der Waals surface area contributed by atoms with Crippen LogP contribution in [0.5, 0.6) is 0 Å². The van der Waals surface area contributed by atoms with E-state index in [1.165, 1.54) is 9.91 Å². The number of hydrazine groups is 1. The van der Waals surface area contributed by atoms with Gasteiger partial charge in [0.05, 0.1) is 0 Å². The number of urea groups is 1. The first-order valence-corrected chi connectivity index (χ1v) is 6.57. The fourth-order valence-corrected chi connectivity index (χ4v) is 2.47. The van der Waals surface area contributed by atoms with Gasteiger partial charge in [-0.1, -0.05) is 42.1 Å². The lowest BCUT2D eigenvalue weighted by Gasteiger charge is -2.27. The molecule has 0 N–H and O–H groups in total. The summed E-state index contributed by atoms with van der Waals surface area (Å²) in [7, 11) is 5.17. The van der Waals surface area contributed by atoms with E-state index in [-0.39, 0.29) is 6.03 Å². The smallest absolute Gasteiger partial charge is 0.329 e. The highest BCUT2D eigenvalue weighted by atomic mass is 32.2. The standard InChI is InChI=1S/C12H16N4OS/c1-14(2)12(17)15(3)16-9-18-11(13-16)10-7-5-4-6-8-10/h4-8H,9H2,1-3H3. The molecule has 18 heavy (non-hydrogen) atoms. The number of carbonyl (C=O) groups excluding carboxylic acids is 1. The molecule has 0 atom stereocenters. The van der Waals surface area contributed by atoms with Gasteiger partial charge in [-0.15, -0.1) is 5.10 Å². The molecular formula is C12H16N4OS. The first kappa shape index (κ1) is 12.8. The average molecular weight is 264 g/mol. The molecule has 0 spiro atoms. The molecule has 0 saturated carbocycles. The Kier molecular flexibility index (Phi) is 3.76. The van der Waals surface area contributed by atoms with E-state index in [1.54, 1.807) is 38.0 Å². The van der Waals surface area contributed by atoms with Crippen molar-refractivity contribution in [3.05, 3.63) is 35.9 Å². The first-order chi connectivity index (χ1) is 8.59. The van der Waals surface area contributed by atoms with Gasteiger partial charge in [0.2, 0.25) is 0 Å². The van der Waals surface area contributed by atoms with Crippen molar-refractivity contribution in [1.29, 1.82) is 0 Å². The van der Waals surface area contributed by atoms with Crippen LogP contribution in [0.15, 0.2) is 35.4 Å². The number of carbonyl (C=O) groups is 1. The largest absolute Gasteiger partial charge is 0.339 e. The van der Waals surface area contributed by atoms with Gasteiger partial charge in [-0.05, 0) is 0 Å². The summed E-state index contributed by atoms with van der Waals surface area (Å²) in [6.45, 7) is 0. The Morgan fingerprint density at radius 2 is 1.94 bits per heavy atom. The highest BCUT2D eigenvalue weighted by Crippen LogP contribution is 2.23. The molecule has 2 amide bonds. The van der Waals surface area contributed by atoms with Crippen molar-refractivity contribution >= 4 is 22.8 Å². The molecule has 0 saturated heterocycles. The Bertz CT molecular complexity index is 460. The monoisotopic (exact) mass is 264 g/mol.